The first-order valence-electron chi connectivity index (χ1n) is 8.80. The number of carbonyl (C=O) groups is 1. The molecule has 0 radical (unpaired) electrons. The Morgan fingerprint density at radius 3 is 2.39 bits per heavy atom. The molecule has 0 saturated heterocycles. The molecular formula is C20H22N4O2S2. The average molecular weight is 415 g/mol. The van der Waals surface area contributed by atoms with Gasteiger partial charge in [0.1, 0.15) is 5.75 Å². The van der Waals surface area contributed by atoms with Crippen LogP contribution < -0.4 is 15.4 Å². The highest BCUT2D eigenvalue weighted by Crippen LogP contribution is 2.28. The molecule has 0 atom stereocenters. The number of nitrogens with zero attached hydrogens (tertiary/aromatic N) is 2. The first-order valence-corrected chi connectivity index (χ1v) is 10.6. The molecule has 0 fully saturated rings. The molecule has 1 heterocycles. The number of hydrogen-bond donors (Lipinski definition) is 2. The maximum Gasteiger partial charge on any atom is 0.234 e. The maximum atomic E-state index is 12.2. The Kier molecular flexibility index (Phi) is 6.89. The zero-order chi connectivity index (χ0) is 19.9. The molecule has 1 aromatic heterocycles. The smallest absolute Gasteiger partial charge is 0.234 e. The standard InChI is InChI=1S/C20H22N4O2S2/c1-13(2)14-4-6-15(7-5-14)21-18(25)12-27-20-24-23-19(28-20)22-16-8-10-17(26-3)11-9-16/h4-11,13H,12H2,1-3H3,(H,21,25)(H,22,23). The van der Waals surface area contributed by atoms with Crippen molar-refractivity contribution in [3.05, 3.63) is 54.1 Å². The van der Waals surface area contributed by atoms with E-state index in [9.17, 15) is 4.79 Å². The van der Waals surface area contributed by atoms with E-state index in [4.69, 9.17) is 4.74 Å². The summed E-state index contributed by atoms with van der Waals surface area (Å²) >= 11 is 2.78. The Morgan fingerprint density at radius 1 is 1.07 bits per heavy atom. The quantitative estimate of drug-likeness (QED) is 0.497. The minimum Gasteiger partial charge on any atom is -0.497 e. The molecule has 1 amide bonds. The van der Waals surface area contributed by atoms with Gasteiger partial charge in [0, 0.05) is 11.4 Å². The van der Waals surface area contributed by atoms with E-state index >= 15 is 0 Å². The van der Waals surface area contributed by atoms with Crippen molar-refractivity contribution in [1.82, 2.24) is 10.2 Å². The molecule has 0 aliphatic rings. The summed E-state index contributed by atoms with van der Waals surface area (Å²) in [6.07, 6.45) is 0. The molecule has 8 heteroatoms. The number of aromatic nitrogens is 2. The Labute approximate surface area is 172 Å². The minimum absolute atomic E-state index is 0.0674. The van der Waals surface area contributed by atoms with E-state index in [-0.39, 0.29) is 11.7 Å². The number of hydrogen-bond acceptors (Lipinski definition) is 7. The van der Waals surface area contributed by atoms with Crippen LogP contribution >= 0.6 is 23.1 Å². The summed E-state index contributed by atoms with van der Waals surface area (Å²) in [6, 6.07) is 15.5. The van der Waals surface area contributed by atoms with Gasteiger partial charge in [0.05, 0.1) is 12.9 Å². The molecular weight excluding hydrogens is 392 g/mol. The topological polar surface area (TPSA) is 76.1 Å². The molecule has 28 heavy (non-hydrogen) atoms. The SMILES string of the molecule is COc1ccc(Nc2nnc(SCC(=O)Nc3ccc(C(C)C)cc3)s2)cc1. The fourth-order valence-electron chi connectivity index (χ4n) is 2.39. The van der Waals surface area contributed by atoms with Crippen molar-refractivity contribution in [1.29, 1.82) is 0 Å². The lowest BCUT2D eigenvalue weighted by atomic mass is 10.0. The normalized spacial score (nSPS) is 10.7. The van der Waals surface area contributed by atoms with Crippen LogP contribution in [-0.2, 0) is 4.79 Å². The molecule has 146 valence electrons. The summed E-state index contributed by atoms with van der Waals surface area (Å²) in [6.45, 7) is 4.29. The van der Waals surface area contributed by atoms with Gasteiger partial charge in [-0.2, -0.15) is 0 Å². The van der Waals surface area contributed by atoms with Crippen LogP contribution in [0.15, 0.2) is 52.9 Å². The second-order valence-corrected chi connectivity index (χ2v) is 8.54. The second kappa shape index (κ2) is 9.57. The third kappa shape index (κ3) is 5.71. The van der Waals surface area contributed by atoms with Crippen LogP contribution in [0.1, 0.15) is 25.3 Å². The molecule has 3 aromatic rings. The summed E-state index contributed by atoms with van der Waals surface area (Å²) in [5.41, 5.74) is 2.95. The average Bonchev–Trinajstić information content (AvgIpc) is 3.15. The Bertz CT molecular complexity index is 909. The van der Waals surface area contributed by atoms with E-state index in [2.05, 4.69) is 34.7 Å². The van der Waals surface area contributed by atoms with Gasteiger partial charge in [0.15, 0.2) is 4.34 Å². The summed E-state index contributed by atoms with van der Waals surface area (Å²) in [4.78, 5) is 12.2. The summed E-state index contributed by atoms with van der Waals surface area (Å²) in [7, 11) is 1.63. The van der Waals surface area contributed by atoms with Crippen molar-refractivity contribution in [2.24, 2.45) is 0 Å². The Hall–Kier alpha value is -2.58. The number of methoxy groups -OCH3 is 1. The maximum absolute atomic E-state index is 12.2. The number of anilines is 3. The third-order valence-corrected chi connectivity index (χ3v) is 5.91. The molecule has 0 saturated carbocycles. The lowest BCUT2D eigenvalue weighted by Gasteiger charge is -2.08. The zero-order valence-corrected chi connectivity index (χ0v) is 17.6. The second-order valence-electron chi connectivity index (χ2n) is 6.34. The molecule has 2 N–H and O–H groups in total. The number of rotatable bonds is 8. The number of ether oxygens (including phenoxy) is 1. The van der Waals surface area contributed by atoms with E-state index in [0.717, 1.165) is 21.5 Å². The molecule has 0 aliphatic heterocycles. The van der Waals surface area contributed by atoms with Gasteiger partial charge < -0.3 is 15.4 Å². The first-order chi connectivity index (χ1) is 13.5. The van der Waals surface area contributed by atoms with Crippen LogP contribution in [0.3, 0.4) is 0 Å². The van der Waals surface area contributed by atoms with Crippen molar-refractivity contribution < 1.29 is 9.53 Å². The monoisotopic (exact) mass is 414 g/mol. The lowest BCUT2D eigenvalue weighted by Crippen LogP contribution is -2.13. The molecule has 0 spiro atoms. The Balaban J connectivity index is 1.48. The van der Waals surface area contributed by atoms with E-state index in [1.54, 1.807) is 7.11 Å². The van der Waals surface area contributed by atoms with Crippen LogP contribution in [-0.4, -0.2) is 29.0 Å². The van der Waals surface area contributed by atoms with E-state index in [0.29, 0.717) is 11.0 Å². The molecule has 0 unspecified atom stereocenters. The Morgan fingerprint density at radius 2 is 1.75 bits per heavy atom. The van der Waals surface area contributed by atoms with E-state index in [1.165, 1.54) is 28.7 Å². The van der Waals surface area contributed by atoms with Gasteiger partial charge in [-0.3, -0.25) is 4.79 Å². The van der Waals surface area contributed by atoms with Gasteiger partial charge >= 0.3 is 0 Å². The summed E-state index contributed by atoms with van der Waals surface area (Å²) in [5.74, 6) is 1.48. The van der Waals surface area contributed by atoms with Gasteiger partial charge in [-0.1, -0.05) is 49.1 Å². The third-order valence-electron chi connectivity index (χ3n) is 3.94. The van der Waals surface area contributed by atoms with Crippen molar-refractivity contribution in [3.8, 4) is 5.75 Å². The fraction of sp³-hybridized carbons (Fsp3) is 0.250. The predicted octanol–water partition coefficient (Wildman–Crippen LogP) is 5.14. The molecule has 0 aliphatic carbocycles. The fourth-order valence-corrected chi connectivity index (χ4v) is 3.96. The molecule has 2 aromatic carbocycles. The van der Waals surface area contributed by atoms with Crippen molar-refractivity contribution >= 4 is 45.5 Å². The molecule has 6 nitrogen and oxygen atoms in total. The van der Waals surface area contributed by atoms with Gasteiger partial charge in [-0.15, -0.1) is 10.2 Å². The predicted molar refractivity (Wildman–Crippen MR) is 116 cm³/mol. The summed E-state index contributed by atoms with van der Waals surface area (Å²) in [5, 5.41) is 15.0. The minimum atomic E-state index is -0.0674. The number of carbonyl (C=O) groups excluding carboxylic acids is 1. The zero-order valence-electron chi connectivity index (χ0n) is 15.9. The largest absolute Gasteiger partial charge is 0.497 e. The number of amides is 1. The van der Waals surface area contributed by atoms with Gasteiger partial charge in [-0.05, 0) is 47.9 Å². The molecule has 0 bridgehead atoms. The van der Waals surface area contributed by atoms with Crippen molar-refractivity contribution in [3.63, 3.8) is 0 Å². The summed E-state index contributed by atoms with van der Waals surface area (Å²) < 4.78 is 5.88. The van der Waals surface area contributed by atoms with Crippen LogP contribution in [0.5, 0.6) is 5.75 Å². The van der Waals surface area contributed by atoms with E-state index in [1.807, 2.05) is 48.5 Å². The van der Waals surface area contributed by atoms with Crippen molar-refractivity contribution in [2.45, 2.75) is 24.1 Å². The number of nitrogens with one attached hydrogen (secondary N) is 2. The lowest BCUT2D eigenvalue weighted by molar-refractivity contribution is -0.113. The molecule has 3 rings (SSSR count). The van der Waals surface area contributed by atoms with Crippen molar-refractivity contribution in [2.75, 3.05) is 23.5 Å². The number of thioether (sulfide) groups is 1. The highest BCUT2D eigenvalue weighted by molar-refractivity contribution is 8.01. The van der Waals surface area contributed by atoms with Crippen LogP contribution in [0.4, 0.5) is 16.5 Å². The van der Waals surface area contributed by atoms with Crippen LogP contribution in [0.25, 0.3) is 0 Å². The first kappa shape index (κ1) is 20.2. The number of benzene rings is 2. The highest BCUT2D eigenvalue weighted by Gasteiger charge is 2.09. The van der Waals surface area contributed by atoms with E-state index < -0.39 is 0 Å². The van der Waals surface area contributed by atoms with Gasteiger partial charge in [0.2, 0.25) is 11.0 Å². The van der Waals surface area contributed by atoms with Crippen LogP contribution in [0, 0.1) is 0 Å². The van der Waals surface area contributed by atoms with Gasteiger partial charge in [0.25, 0.3) is 0 Å². The van der Waals surface area contributed by atoms with Crippen LogP contribution in [0.2, 0.25) is 0 Å². The van der Waals surface area contributed by atoms with Gasteiger partial charge in [-0.25, -0.2) is 0 Å². The highest BCUT2D eigenvalue weighted by atomic mass is 32.2.